The van der Waals surface area contributed by atoms with Gasteiger partial charge in [-0.15, -0.1) is 0 Å². The molecular formula is C15H22N2O2S. The molecule has 3 rings (SSSR count). The minimum atomic E-state index is -0.0527. The van der Waals surface area contributed by atoms with Crippen LogP contribution >= 0.6 is 11.8 Å². The molecule has 1 aromatic rings. The summed E-state index contributed by atoms with van der Waals surface area (Å²) in [6.45, 7) is 0.755. The first-order chi connectivity index (χ1) is 9.84. The first-order valence-corrected chi connectivity index (χ1v) is 8.76. The lowest BCUT2D eigenvalue weighted by molar-refractivity contribution is 0.0943. The molecule has 0 bridgehead atoms. The summed E-state index contributed by atoms with van der Waals surface area (Å²) in [5.74, 6) is 2.10. The molecule has 20 heavy (non-hydrogen) atoms. The summed E-state index contributed by atoms with van der Waals surface area (Å²) in [4.78, 5) is 12.3. The van der Waals surface area contributed by atoms with Gasteiger partial charge in [0.25, 0.3) is 5.91 Å². The molecule has 0 aromatic carbocycles. The number of rotatable bonds is 3. The summed E-state index contributed by atoms with van der Waals surface area (Å²) in [7, 11) is 0. The molecule has 1 aliphatic carbocycles. The van der Waals surface area contributed by atoms with Crippen LogP contribution in [0.25, 0.3) is 0 Å². The fourth-order valence-corrected chi connectivity index (χ4v) is 4.24. The molecule has 110 valence electrons. The Morgan fingerprint density at radius 2 is 2.15 bits per heavy atom. The van der Waals surface area contributed by atoms with E-state index < -0.39 is 0 Å². The zero-order valence-electron chi connectivity index (χ0n) is 11.8. The summed E-state index contributed by atoms with van der Waals surface area (Å²) >= 11 is 1.98. The number of hydrogen-bond donors (Lipinski definition) is 1. The van der Waals surface area contributed by atoms with Crippen LogP contribution in [-0.2, 0) is 12.8 Å². The van der Waals surface area contributed by atoms with Crippen LogP contribution in [0.4, 0.5) is 0 Å². The lowest BCUT2D eigenvalue weighted by Crippen LogP contribution is -2.32. The van der Waals surface area contributed by atoms with Crippen molar-refractivity contribution in [2.75, 3.05) is 12.3 Å². The maximum atomic E-state index is 12.3. The zero-order valence-corrected chi connectivity index (χ0v) is 12.6. The van der Waals surface area contributed by atoms with Crippen molar-refractivity contribution in [3.63, 3.8) is 0 Å². The Bertz CT molecular complexity index is 466. The van der Waals surface area contributed by atoms with Gasteiger partial charge in [0, 0.05) is 23.8 Å². The number of nitrogens with zero attached hydrogens (tertiary/aromatic N) is 1. The number of nitrogens with one attached hydrogen (secondary N) is 1. The Kier molecular flexibility index (Phi) is 4.65. The Balaban J connectivity index is 1.60. The van der Waals surface area contributed by atoms with Crippen LogP contribution < -0.4 is 5.32 Å². The van der Waals surface area contributed by atoms with Gasteiger partial charge >= 0.3 is 0 Å². The van der Waals surface area contributed by atoms with Crippen LogP contribution in [0.15, 0.2) is 4.52 Å². The summed E-state index contributed by atoms with van der Waals surface area (Å²) in [6.07, 6.45) is 9.15. The van der Waals surface area contributed by atoms with Gasteiger partial charge in [-0.3, -0.25) is 4.79 Å². The number of fused-ring (bicyclic) bond motifs is 1. The SMILES string of the molecule is O=C(NCC1CCCCS1)c1noc2c1CCCCC2. The Hall–Kier alpha value is -0.970. The van der Waals surface area contributed by atoms with Crippen molar-refractivity contribution in [1.29, 1.82) is 0 Å². The molecule has 0 radical (unpaired) electrons. The van der Waals surface area contributed by atoms with Crippen LogP contribution in [-0.4, -0.2) is 28.6 Å². The number of amides is 1. The van der Waals surface area contributed by atoms with Gasteiger partial charge < -0.3 is 9.84 Å². The molecular weight excluding hydrogens is 272 g/mol. The first kappa shape index (κ1) is 14.0. The molecule has 1 N–H and O–H groups in total. The fourth-order valence-electron chi connectivity index (χ4n) is 3.00. The van der Waals surface area contributed by atoms with Gasteiger partial charge in [-0.1, -0.05) is 18.0 Å². The van der Waals surface area contributed by atoms with Gasteiger partial charge in [-0.05, 0) is 37.9 Å². The number of hydrogen-bond acceptors (Lipinski definition) is 4. The van der Waals surface area contributed by atoms with Crippen LogP contribution in [0.1, 0.15) is 60.3 Å². The second-order valence-corrected chi connectivity index (χ2v) is 7.10. The summed E-state index contributed by atoms with van der Waals surface area (Å²) in [5.41, 5.74) is 1.58. The van der Waals surface area contributed by atoms with Crippen LogP contribution in [0, 0.1) is 0 Å². The molecule has 5 heteroatoms. The molecule has 1 atom stereocenters. The van der Waals surface area contributed by atoms with E-state index in [1.54, 1.807) is 0 Å². The second-order valence-electron chi connectivity index (χ2n) is 5.69. The summed E-state index contributed by atoms with van der Waals surface area (Å²) in [5, 5.41) is 7.62. The summed E-state index contributed by atoms with van der Waals surface area (Å²) in [6, 6.07) is 0. The van der Waals surface area contributed by atoms with Crippen molar-refractivity contribution < 1.29 is 9.32 Å². The van der Waals surface area contributed by atoms with Gasteiger partial charge in [0.15, 0.2) is 5.69 Å². The standard InChI is InChI=1S/C15H22N2O2S/c18-15(16-10-11-6-4-5-9-20-11)14-12-7-2-1-3-8-13(12)19-17-14/h11H,1-10H2,(H,16,18). The highest BCUT2D eigenvalue weighted by Crippen LogP contribution is 2.25. The van der Waals surface area contributed by atoms with Crippen LogP contribution in [0.3, 0.4) is 0 Å². The molecule has 1 fully saturated rings. The maximum Gasteiger partial charge on any atom is 0.273 e. The third kappa shape index (κ3) is 3.19. The van der Waals surface area contributed by atoms with Crippen molar-refractivity contribution in [2.45, 2.75) is 56.6 Å². The van der Waals surface area contributed by atoms with E-state index in [2.05, 4.69) is 10.5 Å². The highest BCUT2D eigenvalue weighted by molar-refractivity contribution is 7.99. The van der Waals surface area contributed by atoms with Gasteiger partial charge in [0.1, 0.15) is 5.76 Å². The third-order valence-corrected chi connectivity index (χ3v) is 5.58. The van der Waals surface area contributed by atoms with E-state index in [4.69, 9.17) is 4.52 Å². The smallest absolute Gasteiger partial charge is 0.273 e. The van der Waals surface area contributed by atoms with E-state index in [-0.39, 0.29) is 5.91 Å². The Morgan fingerprint density at radius 1 is 1.25 bits per heavy atom. The number of carbonyl (C=O) groups excluding carboxylic acids is 1. The van der Waals surface area contributed by atoms with E-state index in [9.17, 15) is 4.79 Å². The lowest BCUT2D eigenvalue weighted by Gasteiger charge is -2.21. The number of thioether (sulfide) groups is 1. The van der Waals surface area contributed by atoms with E-state index in [0.717, 1.165) is 43.6 Å². The van der Waals surface area contributed by atoms with Gasteiger partial charge in [-0.25, -0.2) is 0 Å². The molecule has 0 saturated carbocycles. The molecule has 1 unspecified atom stereocenters. The average molecular weight is 294 g/mol. The molecule has 1 aromatic heterocycles. The molecule has 2 heterocycles. The lowest BCUT2D eigenvalue weighted by atomic mass is 10.1. The topological polar surface area (TPSA) is 55.1 Å². The van der Waals surface area contributed by atoms with Gasteiger partial charge in [-0.2, -0.15) is 11.8 Å². The first-order valence-electron chi connectivity index (χ1n) is 7.72. The number of aromatic nitrogens is 1. The van der Waals surface area contributed by atoms with Crippen molar-refractivity contribution in [1.82, 2.24) is 10.5 Å². The van der Waals surface area contributed by atoms with E-state index in [1.807, 2.05) is 11.8 Å². The van der Waals surface area contributed by atoms with Gasteiger partial charge in [0.2, 0.25) is 0 Å². The Morgan fingerprint density at radius 3 is 3.00 bits per heavy atom. The largest absolute Gasteiger partial charge is 0.360 e. The van der Waals surface area contributed by atoms with Crippen LogP contribution in [0.2, 0.25) is 0 Å². The average Bonchev–Trinajstić information content (AvgIpc) is 2.75. The normalized spacial score (nSPS) is 22.9. The molecule has 1 amide bonds. The van der Waals surface area contributed by atoms with Crippen molar-refractivity contribution in [3.05, 3.63) is 17.0 Å². The van der Waals surface area contributed by atoms with Crippen LogP contribution in [0.5, 0.6) is 0 Å². The minimum Gasteiger partial charge on any atom is -0.360 e. The van der Waals surface area contributed by atoms with Crippen molar-refractivity contribution >= 4 is 17.7 Å². The third-order valence-electron chi connectivity index (χ3n) is 4.18. The number of carbonyl (C=O) groups is 1. The predicted molar refractivity (Wildman–Crippen MR) is 80.2 cm³/mol. The monoisotopic (exact) mass is 294 g/mol. The predicted octanol–water partition coefficient (Wildman–Crippen LogP) is 2.96. The van der Waals surface area contributed by atoms with Crippen molar-refractivity contribution in [3.8, 4) is 0 Å². The number of aryl methyl sites for hydroxylation is 1. The summed E-state index contributed by atoms with van der Waals surface area (Å²) < 4.78 is 5.36. The fraction of sp³-hybridized carbons (Fsp3) is 0.733. The quantitative estimate of drug-likeness (QED) is 0.871. The van der Waals surface area contributed by atoms with Crippen molar-refractivity contribution in [2.24, 2.45) is 0 Å². The minimum absolute atomic E-state index is 0.0527. The zero-order chi connectivity index (χ0) is 13.8. The molecule has 0 spiro atoms. The molecule has 1 saturated heterocycles. The Labute approximate surface area is 124 Å². The molecule has 1 aliphatic heterocycles. The van der Waals surface area contributed by atoms with E-state index >= 15 is 0 Å². The highest BCUT2D eigenvalue weighted by Gasteiger charge is 2.23. The molecule has 4 nitrogen and oxygen atoms in total. The molecule has 2 aliphatic rings. The van der Waals surface area contributed by atoms with Gasteiger partial charge in [0.05, 0.1) is 0 Å². The highest BCUT2D eigenvalue weighted by atomic mass is 32.2. The van der Waals surface area contributed by atoms with E-state index in [0.29, 0.717) is 10.9 Å². The van der Waals surface area contributed by atoms with E-state index in [1.165, 1.54) is 31.4 Å². The second kappa shape index (κ2) is 6.66. The maximum absolute atomic E-state index is 12.3.